The second kappa shape index (κ2) is 10.4. The third-order valence-corrected chi connectivity index (χ3v) is 10.2. The number of anilines is 2. The number of fused-ring (bicyclic) bond motifs is 1. The van der Waals surface area contributed by atoms with E-state index in [0.29, 0.717) is 46.0 Å². The number of aryl methyl sites for hydroxylation is 2. The smallest absolute Gasteiger partial charge is 0.364 e. The molecule has 4 aromatic rings. The Morgan fingerprint density at radius 1 is 1.06 bits per heavy atom. The monoisotopic (exact) mass is 642 g/mol. The number of amides is 1. The Morgan fingerprint density at radius 3 is 2.53 bits per heavy atom. The van der Waals surface area contributed by atoms with Crippen LogP contribution in [0.25, 0.3) is 22.6 Å². The van der Waals surface area contributed by atoms with Crippen LogP contribution in [0, 0.1) is 16.7 Å². The first kappa shape index (κ1) is 29.6. The van der Waals surface area contributed by atoms with Crippen molar-refractivity contribution in [1.82, 2.24) is 34.4 Å². The number of halogens is 3. The predicted molar refractivity (Wildman–Crippen MR) is 166 cm³/mol. The van der Waals surface area contributed by atoms with Gasteiger partial charge in [-0.25, -0.2) is 4.98 Å². The minimum absolute atomic E-state index is 0.0449. The first-order valence-corrected chi connectivity index (χ1v) is 15.8. The summed E-state index contributed by atoms with van der Waals surface area (Å²) in [6.45, 7) is 1.84. The molecule has 1 amide bonds. The van der Waals surface area contributed by atoms with Crippen LogP contribution >= 0.6 is 0 Å². The molecule has 8 rings (SSSR count). The molecule has 2 aliphatic carbocycles. The highest BCUT2D eigenvalue weighted by molar-refractivity contribution is 6.10. The number of likely N-dealkylation sites (tertiary alicyclic amines) is 1. The summed E-state index contributed by atoms with van der Waals surface area (Å²) in [6, 6.07) is 8.58. The zero-order valence-corrected chi connectivity index (χ0v) is 26.1. The minimum atomic E-state index is -4.63. The Hall–Kier alpha value is -4.77. The number of nitriles is 1. The van der Waals surface area contributed by atoms with Crippen molar-refractivity contribution in [2.45, 2.75) is 63.3 Å². The van der Waals surface area contributed by atoms with Crippen LogP contribution in [0.2, 0.25) is 0 Å². The SMILES string of the molecule is Cn1cnnc1-c1cnn(C)c1-c1cc(NC2(CC#N)CC2)nc(N2Cc3c(cc(CN4CCC5(CC5)C4)cc3C(F)(F)F)C2=O)c1. The van der Waals surface area contributed by atoms with Crippen LogP contribution in [-0.4, -0.2) is 59.0 Å². The summed E-state index contributed by atoms with van der Waals surface area (Å²) in [7, 11) is 3.59. The van der Waals surface area contributed by atoms with E-state index in [9.17, 15) is 23.2 Å². The van der Waals surface area contributed by atoms with E-state index >= 15 is 0 Å². The van der Waals surface area contributed by atoms with E-state index < -0.39 is 23.2 Å². The average Bonchev–Trinajstić information content (AvgIpc) is 3.71. The molecule has 2 saturated carbocycles. The van der Waals surface area contributed by atoms with Gasteiger partial charge in [0, 0.05) is 38.3 Å². The summed E-state index contributed by atoms with van der Waals surface area (Å²) in [6.07, 6.45) is 3.87. The molecule has 1 saturated heterocycles. The van der Waals surface area contributed by atoms with E-state index in [4.69, 9.17) is 4.98 Å². The topological polar surface area (TPSA) is 121 Å². The molecule has 5 heterocycles. The molecular weight excluding hydrogens is 609 g/mol. The summed E-state index contributed by atoms with van der Waals surface area (Å²) in [5.41, 5.74) is 1.60. The molecule has 1 aromatic carbocycles. The van der Waals surface area contributed by atoms with Crippen LogP contribution in [0.1, 0.15) is 65.6 Å². The minimum Gasteiger partial charge on any atom is -0.364 e. The van der Waals surface area contributed by atoms with Crippen LogP contribution < -0.4 is 10.2 Å². The summed E-state index contributed by atoms with van der Waals surface area (Å²) in [5.74, 6) is 0.661. The molecule has 0 atom stereocenters. The summed E-state index contributed by atoms with van der Waals surface area (Å²) < 4.78 is 47.1. The molecule has 2 aliphatic heterocycles. The van der Waals surface area contributed by atoms with Gasteiger partial charge in [0.05, 0.1) is 47.6 Å². The number of aromatic nitrogens is 6. The molecule has 4 aliphatic rings. The second-order valence-electron chi connectivity index (χ2n) is 13.7. The quantitative estimate of drug-likeness (QED) is 0.275. The van der Waals surface area contributed by atoms with Gasteiger partial charge in [0.2, 0.25) is 0 Å². The van der Waals surface area contributed by atoms with Gasteiger partial charge in [-0.2, -0.15) is 23.5 Å². The Bertz CT molecular complexity index is 1960. The van der Waals surface area contributed by atoms with Gasteiger partial charge in [0.15, 0.2) is 5.82 Å². The number of benzene rings is 1. The molecular formula is C33H33F3N10O. The van der Waals surface area contributed by atoms with Gasteiger partial charge < -0.3 is 9.88 Å². The summed E-state index contributed by atoms with van der Waals surface area (Å²) in [4.78, 5) is 22.3. The standard InChI is InChI=1S/C33H33F3N10O/c1-43-19-38-42-29(43)23-15-39-44(2)28(23)21-13-26(41-32(5-6-32)7-9-37)40-27(14-21)46-17-24-22(30(46)47)11-20(12-25(24)33(34,35)36)16-45-10-8-31(18-45)3-4-31/h11-15,19H,3-8,10,16-18H2,1-2H3,(H,40,41). The maximum atomic E-state index is 14.5. The molecule has 47 heavy (non-hydrogen) atoms. The van der Waals surface area contributed by atoms with Crippen LogP contribution in [0.3, 0.4) is 0 Å². The van der Waals surface area contributed by atoms with Crippen LogP contribution in [0.5, 0.6) is 0 Å². The van der Waals surface area contributed by atoms with Gasteiger partial charge in [-0.05, 0) is 79.5 Å². The summed E-state index contributed by atoms with van der Waals surface area (Å²) >= 11 is 0. The fourth-order valence-corrected chi connectivity index (χ4v) is 7.25. The molecule has 0 unspecified atom stereocenters. The van der Waals surface area contributed by atoms with Crippen LogP contribution in [0.15, 0.2) is 36.8 Å². The molecule has 0 radical (unpaired) electrons. The third-order valence-electron chi connectivity index (χ3n) is 10.2. The van der Waals surface area contributed by atoms with Crippen LogP contribution in [-0.2, 0) is 33.4 Å². The van der Waals surface area contributed by atoms with Gasteiger partial charge in [0.1, 0.15) is 18.0 Å². The first-order chi connectivity index (χ1) is 22.5. The Balaban J connectivity index is 1.20. The van der Waals surface area contributed by atoms with Crippen molar-refractivity contribution in [3.05, 3.63) is 59.0 Å². The van der Waals surface area contributed by atoms with E-state index in [1.165, 1.54) is 23.8 Å². The fourth-order valence-electron chi connectivity index (χ4n) is 7.25. The molecule has 3 fully saturated rings. The lowest BCUT2D eigenvalue weighted by Gasteiger charge is -2.21. The van der Waals surface area contributed by atoms with Crippen molar-refractivity contribution >= 4 is 17.5 Å². The number of nitrogens with zero attached hydrogens (tertiary/aromatic N) is 9. The largest absolute Gasteiger partial charge is 0.416 e. The number of rotatable bonds is 8. The molecule has 242 valence electrons. The molecule has 0 bridgehead atoms. The number of pyridine rings is 1. The highest BCUT2D eigenvalue weighted by atomic mass is 19.4. The highest BCUT2D eigenvalue weighted by Crippen LogP contribution is 2.53. The van der Waals surface area contributed by atoms with Gasteiger partial charge >= 0.3 is 6.18 Å². The second-order valence-corrected chi connectivity index (χ2v) is 13.7. The van der Waals surface area contributed by atoms with Gasteiger partial charge in [-0.15, -0.1) is 10.2 Å². The summed E-state index contributed by atoms with van der Waals surface area (Å²) in [5, 5.41) is 25.5. The van der Waals surface area contributed by atoms with E-state index in [1.54, 1.807) is 41.0 Å². The number of alkyl halides is 3. The zero-order valence-electron chi connectivity index (χ0n) is 26.1. The maximum Gasteiger partial charge on any atom is 0.416 e. The van der Waals surface area contributed by atoms with E-state index in [-0.39, 0.29) is 29.9 Å². The van der Waals surface area contributed by atoms with Crippen molar-refractivity contribution < 1.29 is 18.0 Å². The maximum absolute atomic E-state index is 14.5. The Kier molecular flexibility index (Phi) is 6.53. The van der Waals surface area contributed by atoms with Gasteiger partial charge in [-0.3, -0.25) is 19.3 Å². The zero-order chi connectivity index (χ0) is 32.7. The number of hydrogen-bond donors (Lipinski definition) is 1. The molecule has 1 N–H and O–H groups in total. The number of nitrogens with one attached hydrogen (secondary N) is 1. The predicted octanol–water partition coefficient (Wildman–Crippen LogP) is 5.30. The van der Waals surface area contributed by atoms with Gasteiger partial charge in [0.25, 0.3) is 5.91 Å². The highest BCUT2D eigenvalue weighted by Gasteiger charge is 2.48. The van der Waals surface area contributed by atoms with E-state index in [1.807, 2.05) is 13.1 Å². The molecule has 11 nitrogen and oxygen atoms in total. The third kappa shape index (κ3) is 5.22. The fraction of sp³-hybridized carbons (Fsp3) is 0.455. The first-order valence-electron chi connectivity index (χ1n) is 15.8. The number of hydrogen-bond acceptors (Lipinski definition) is 8. The average molecular weight is 643 g/mol. The van der Waals surface area contributed by atoms with Crippen molar-refractivity contribution in [1.29, 1.82) is 5.26 Å². The number of carbonyl (C=O) groups is 1. The molecule has 1 spiro atoms. The normalized spacial score (nSPS) is 19.3. The van der Waals surface area contributed by atoms with Crippen molar-refractivity contribution in [3.8, 4) is 28.7 Å². The van der Waals surface area contributed by atoms with Crippen molar-refractivity contribution in [3.63, 3.8) is 0 Å². The van der Waals surface area contributed by atoms with Gasteiger partial charge in [-0.1, -0.05) is 0 Å². The van der Waals surface area contributed by atoms with Crippen molar-refractivity contribution in [2.75, 3.05) is 23.3 Å². The van der Waals surface area contributed by atoms with E-state index in [0.717, 1.165) is 32.4 Å². The Morgan fingerprint density at radius 2 is 1.87 bits per heavy atom. The lowest BCUT2D eigenvalue weighted by molar-refractivity contribution is -0.138. The van der Waals surface area contributed by atoms with Crippen molar-refractivity contribution in [2.24, 2.45) is 19.5 Å². The Labute approximate surface area is 269 Å². The van der Waals surface area contributed by atoms with Crippen LogP contribution in [0.4, 0.5) is 24.8 Å². The molecule has 3 aromatic heterocycles. The lowest BCUT2D eigenvalue weighted by atomic mass is 9.98. The number of carbonyl (C=O) groups excluding carboxylic acids is 1. The molecule has 14 heteroatoms. The lowest BCUT2D eigenvalue weighted by Crippen LogP contribution is -2.26. The van der Waals surface area contributed by atoms with E-state index in [2.05, 4.69) is 31.6 Å².